The number of nitrogens with one attached hydrogen (secondary N) is 1. The van der Waals surface area contributed by atoms with Crippen LogP contribution in [0.15, 0.2) is 54.6 Å². The summed E-state index contributed by atoms with van der Waals surface area (Å²) in [6.07, 6.45) is 9.18. The maximum absolute atomic E-state index is 12.6. The van der Waals surface area contributed by atoms with Gasteiger partial charge in [0.15, 0.2) is 0 Å². The highest BCUT2D eigenvalue weighted by molar-refractivity contribution is 5.94. The fourth-order valence-corrected chi connectivity index (χ4v) is 4.72. The first-order valence-corrected chi connectivity index (χ1v) is 9.76. The zero-order valence-electron chi connectivity index (χ0n) is 14.8. The molecule has 25 heavy (non-hydrogen) atoms. The molecule has 0 bridgehead atoms. The number of benzene rings is 2. The van der Waals surface area contributed by atoms with E-state index < -0.39 is 0 Å². The fourth-order valence-electron chi connectivity index (χ4n) is 4.72. The summed E-state index contributed by atoms with van der Waals surface area (Å²) in [7, 11) is 0. The molecule has 2 saturated carbocycles. The summed E-state index contributed by atoms with van der Waals surface area (Å²) in [5.74, 6) is 1.85. The minimum Gasteiger partial charge on any atom is -0.349 e. The Kier molecular flexibility index (Phi) is 4.87. The third-order valence-electron chi connectivity index (χ3n) is 6.13. The average molecular weight is 333 g/mol. The molecule has 130 valence electrons. The van der Waals surface area contributed by atoms with Gasteiger partial charge < -0.3 is 5.32 Å². The minimum absolute atomic E-state index is 0.0823. The van der Waals surface area contributed by atoms with Gasteiger partial charge in [-0.1, -0.05) is 68.1 Å². The number of hydrogen-bond donors (Lipinski definition) is 1. The summed E-state index contributed by atoms with van der Waals surface area (Å²) in [5.41, 5.74) is 3.11. The molecule has 2 nitrogen and oxygen atoms in total. The van der Waals surface area contributed by atoms with Gasteiger partial charge in [-0.2, -0.15) is 0 Å². The molecule has 0 aromatic heterocycles. The molecule has 1 amide bonds. The van der Waals surface area contributed by atoms with E-state index in [0.29, 0.717) is 6.04 Å². The molecule has 0 saturated heterocycles. The molecule has 2 aliphatic rings. The van der Waals surface area contributed by atoms with E-state index in [2.05, 4.69) is 17.4 Å². The third kappa shape index (κ3) is 3.78. The van der Waals surface area contributed by atoms with Crippen molar-refractivity contribution < 1.29 is 4.79 Å². The lowest BCUT2D eigenvalue weighted by Crippen LogP contribution is -2.41. The predicted octanol–water partition coefficient (Wildman–Crippen LogP) is 5.44. The van der Waals surface area contributed by atoms with E-state index in [1.54, 1.807) is 0 Å². The minimum atomic E-state index is 0.0823. The van der Waals surface area contributed by atoms with E-state index in [9.17, 15) is 4.79 Å². The summed E-state index contributed by atoms with van der Waals surface area (Å²) in [4.78, 5) is 12.6. The van der Waals surface area contributed by atoms with Crippen LogP contribution in [0.3, 0.4) is 0 Å². The standard InChI is InChI=1S/C23H27NO/c25-23(24-22-15-14-18-8-4-5-9-21(18)16-22)20-12-10-19(11-13-20)17-6-2-1-3-7-17/h1-3,6-7,10-13,18,21-22H,4-5,8-9,14-16H2,(H,24,25)/t18-,21+,22+/m0/s1. The van der Waals surface area contributed by atoms with Crippen molar-refractivity contribution in [1.82, 2.24) is 5.32 Å². The van der Waals surface area contributed by atoms with Crippen molar-refractivity contribution in [2.24, 2.45) is 11.8 Å². The van der Waals surface area contributed by atoms with Gasteiger partial charge in [0.2, 0.25) is 0 Å². The van der Waals surface area contributed by atoms with Crippen molar-refractivity contribution in [2.45, 2.75) is 51.0 Å². The van der Waals surface area contributed by atoms with Gasteiger partial charge in [-0.25, -0.2) is 0 Å². The predicted molar refractivity (Wildman–Crippen MR) is 102 cm³/mol. The highest BCUT2D eigenvalue weighted by Crippen LogP contribution is 2.40. The molecule has 0 spiro atoms. The summed E-state index contributed by atoms with van der Waals surface area (Å²) < 4.78 is 0. The van der Waals surface area contributed by atoms with E-state index in [-0.39, 0.29) is 5.91 Å². The molecular weight excluding hydrogens is 306 g/mol. The van der Waals surface area contributed by atoms with Crippen molar-refractivity contribution in [3.63, 3.8) is 0 Å². The molecule has 0 aliphatic heterocycles. The van der Waals surface area contributed by atoms with Crippen LogP contribution < -0.4 is 5.32 Å². The Bertz CT molecular complexity index is 707. The van der Waals surface area contributed by atoms with Crippen LogP contribution in [0.2, 0.25) is 0 Å². The van der Waals surface area contributed by atoms with Crippen LogP contribution >= 0.6 is 0 Å². The van der Waals surface area contributed by atoms with Gasteiger partial charge in [0.25, 0.3) is 5.91 Å². The average Bonchev–Trinajstić information content (AvgIpc) is 2.69. The first-order valence-electron chi connectivity index (χ1n) is 9.76. The molecular formula is C23H27NO. The van der Waals surface area contributed by atoms with E-state index in [0.717, 1.165) is 29.4 Å². The van der Waals surface area contributed by atoms with Gasteiger partial charge in [0.1, 0.15) is 0 Å². The van der Waals surface area contributed by atoms with E-state index in [1.165, 1.54) is 44.1 Å². The highest BCUT2D eigenvalue weighted by atomic mass is 16.1. The van der Waals surface area contributed by atoms with Crippen LogP contribution in [-0.2, 0) is 0 Å². The molecule has 2 aromatic carbocycles. The Morgan fingerprint density at radius 2 is 1.44 bits per heavy atom. The fraction of sp³-hybridized carbons (Fsp3) is 0.435. The summed E-state index contributed by atoms with van der Waals surface area (Å²) in [5, 5.41) is 3.29. The van der Waals surface area contributed by atoms with Crippen molar-refractivity contribution in [1.29, 1.82) is 0 Å². The van der Waals surface area contributed by atoms with Crippen molar-refractivity contribution >= 4 is 5.91 Å². The lowest BCUT2D eigenvalue weighted by atomic mass is 9.69. The first-order chi connectivity index (χ1) is 12.3. The number of carbonyl (C=O) groups excluding carboxylic acids is 1. The molecule has 2 aromatic rings. The second kappa shape index (κ2) is 7.43. The Hall–Kier alpha value is -2.09. The van der Waals surface area contributed by atoms with Gasteiger partial charge in [0, 0.05) is 11.6 Å². The normalized spacial score (nSPS) is 25.8. The zero-order chi connectivity index (χ0) is 17.1. The Labute approximate surface area is 150 Å². The second-order valence-electron chi connectivity index (χ2n) is 7.73. The lowest BCUT2D eigenvalue weighted by Gasteiger charge is -2.39. The van der Waals surface area contributed by atoms with Crippen LogP contribution in [-0.4, -0.2) is 11.9 Å². The van der Waals surface area contributed by atoms with Gasteiger partial charge in [-0.3, -0.25) is 4.79 Å². The van der Waals surface area contributed by atoms with Crippen molar-refractivity contribution in [3.05, 3.63) is 60.2 Å². The lowest BCUT2D eigenvalue weighted by molar-refractivity contribution is 0.0879. The molecule has 0 heterocycles. The Morgan fingerprint density at radius 1 is 0.760 bits per heavy atom. The Morgan fingerprint density at radius 3 is 2.20 bits per heavy atom. The number of carbonyl (C=O) groups is 1. The number of amides is 1. The highest BCUT2D eigenvalue weighted by Gasteiger charge is 2.32. The molecule has 4 rings (SSSR count). The Balaban J connectivity index is 1.38. The molecule has 2 heteroatoms. The van der Waals surface area contributed by atoms with Gasteiger partial charge >= 0.3 is 0 Å². The van der Waals surface area contributed by atoms with E-state index in [4.69, 9.17) is 0 Å². The van der Waals surface area contributed by atoms with Crippen molar-refractivity contribution in [2.75, 3.05) is 0 Å². The topological polar surface area (TPSA) is 29.1 Å². The van der Waals surface area contributed by atoms with E-state index >= 15 is 0 Å². The van der Waals surface area contributed by atoms with Crippen LogP contribution in [0.5, 0.6) is 0 Å². The maximum Gasteiger partial charge on any atom is 0.251 e. The monoisotopic (exact) mass is 333 g/mol. The molecule has 0 unspecified atom stereocenters. The SMILES string of the molecule is O=C(N[C@@H]1CC[C@@H]2CCCC[C@@H]2C1)c1ccc(-c2ccccc2)cc1. The zero-order valence-corrected chi connectivity index (χ0v) is 14.8. The van der Waals surface area contributed by atoms with Crippen LogP contribution in [0, 0.1) is 11.8 Å². The third-order valence-corrected chi connectivity index (χ3v) is 6.13. The number of rotatable bonds is 3. The molecule has 0 radical (unpaired) electrons. The van der Waals surface area contributed by atoms with Gasteiger partial charge in [-0.05, 0) is 54.4 Å². The van der Waals surface area contributed by atoms with Gasteiger partial charge in [0.05, 0.1) is 0 Å². The van der Waals surface area contributed by atoms with Gasteiger partial charge in [-0.15, -0.1) is 0 Å². The maximum atomic E-state index is 12.6. The van der Waals surface area contributed by atoms with Crippen LogP contribution in [0.1, 0.15) is 55.3 Å². The molecule has 3 atom stereocenters. The molecule has 1 N–H and O–H groups in total. The second-order valence-corrected chi connectivity index (χ2v) is 7.73. The smallest absolute Gasteiger partial charge is 0.251 e. The summed E-state index contributed by atoms with van der Waals surface area (Å²) in [6.45, 7) is 0. The van der Waals surface area contributed by atoms with Crippen molar-refractivity contribution in [3.8, 4) is 11.1 Å². The number of fused-ring (bicyclic) bond motifs is 1. The number of hydrogen-bond acceptors (Lipinski definition) is 1. The quantitative estimate of drug-likeness (QED) is 0.796. The first kappa shape index (κ1) is 16.4. The van der Waals surface area contributed by atoms with E-state index in [1.807, 2.05) is 42.5 Å². The molecule has 2 aliphatic carbocycles. The largest absolute Gasteiger partial charge is 0.349 e. The van der Waals surface area contributed by atoms with Crippen LogP contribution in [0.4, 0.5) is 0 Å². The summed E-state index contributed by atoms with van der Waals surface area (Å²) in [6, 6.07) is 18.6. The van der Waals surface area contributed by atoms with Crippen LogP contribution in [0.25, 0.3) is 11.1 Å². The molecule has 2 fully saturated rings. The summed E-state index contributed by atoms with van der Waals surface area (Å²) >= 11 is 0.